The molecule has 0 saturated heterocycles. The summed E-state index contributed by atoms with van der Waals surface area (Å²) in [6, 6.07) is -0.708. The zero-order chi connectivity index (χ0) is 47.9. The lowest BCUT2D eigenvalue weighted by molar-refractivity contribution is -0.131. The first-order valence-corrected chi connectivity index (χ1v) is 30.8. The number of hydrogen-bond donors (Lipinski definition) is 4. The highest BCUT2D eigenvalue weighted by Crippen LogP contribution is 2.19. The van der Waals surface area contributed by atoms with Crippen molar-refractivity contribution in [3.63, 3.8) is 0 Å². The molecule has 0 saturated carbocycles. The molecule has 0 aromatic carbocycles. The van der Waals surface area contributed by atoms with E-state index < -0.39 is 24.2 Å². The molecule has 0 rings (SSSR count). The molecule has 5 nitrogen and oxygen atoms in total. The summed E-state index contributed by atoms with van der Waals surface area (Å²) in [5.41, 5.74) is 0. The van der Waals surface area contributed by atoms with Crippen LogP contribution in [0.2, 0.25) is 0 Å². The quantitative estimate of drug-likeness (QED) is 0.0458. The Morgan fingerprint density at radius 2 is 0.485 bits per heavy atom. The van der Waals surface area contributed by atoms with Crippen molar-refractivity contribution in [2.24, 2.45) is 0 Å². The minimum atomic E-state index is -1.07. The Balaban J connectivity index is 3.44. The van der Waals surface area contributed by atoms with Crippen LogP contribution in [0.1, 0.15) is 361 Å². The van der Waals surface area contributed by atoms with E-state index in [0.717, 1.165) is 32.1 Å². The normalized spacial score (nSPS) is 13.1. The standard InChI is InChI=1S/C61H123NO4/c1-3-5-7-9-11-13-15-17-19-21-23-25-26-27-28-29-30-31-32-33-34-35-36-38-40-42-44-46-48-50-52-54-56-60(65)61(66)62-58(57-63)59(64)55-53-51-49-47-45-43-41-39-37-24-22-20-18-16-14-12-10-8-6-4-2/h58-60,63-65H,3-57H2,1-2H3,(H,62,66). The SMILES string of the molecule is CCCCCCCCCCCCCCCCCCCCCCCCCCCCCCCCCCC(O)C(=O)NC(CO)C(O)CCCCCCCCCCCCCCCCCCCCCC. The number of unbranched alkanes of at least 4 members (excludes halogenated alkanes) is 50. The summed E-state index contributed by atoms with van der Waals surface area (Å²) < 4.78 is 0. The van der Waals surface area contributed by atoms with Crippen LogP contribution in [0.25, 0.3) is 0 Å². The topological polar surface area (TPSA) is 89.8 Å². The molecule has 0 aromatic rings. The van der Waals surface area contributed by atoms with Gasteiger partial charge in [0.05, 0.1) is 18.8 Å². The van der Waals surface area contributed by atoms with Gasteiger partial charge in [-0.15, -0.1) is 0 Å². The van der Waals surface area contributed by atoms with E-state index in [9.17, 15) is 20.1 Å². The lowest BCUT2D eigenvalue weighted by atomic mass is 10.0. The Morgan fingerprint density at radius 1 is 0.303 bits per heavy atom. The zero-order valence-corrected chi connectivity index (χ0v) is 45.4. The van der Waals surface area contributed by atoms with E-state index in [0.29, 0.717) is 12.8 Å². The summed E-state index contributed by atoms with van der Waals surface area (Å²) in [5.74, 6) is -0.461. The molecule has 4 N–H and O–H groups in total. The summed E-state index contributed by atoms with van der Waals surface area (Å²) in [4.78, 5) is 12.6. The lowest BCUT2D eigenvalue weighted by Gasteiger charge is -2.23. The van der Waals surface area contributed by atoms with Crippen molar-refractivity contribution in [1.82, 2.24) is 5.32 Å². The average molecular weight is 935 g/mol. The second-order valence-corrected chi connectivity index (χ2v) is 21.6. The van der Waals surface area contributed by atoms with Crippen LogP contribution in [0, 0.1) is 0 Å². The Labute approximate surface area is 415 Å². The average Bonchev–Trinajstić information content (AvgIpc) is 3.32. The van der Waals surface area contributed by atoms with E-state index in [1.165, 1.54) is 302 Å². The summed E-state index contributed by atoms with van der Waals surface area (Å²) in [6.07, 6.45) is 70.3. The fourth-order valence-electron chi connectivity index (χ4n) is 10.2. The van der Waals surface area contributed by atoms with Gasteiger partial charge in [-0.3, -0.25) is 4.79 Å². The molecule has 0 fully saturated rings. The highest BCUT2D eigenvalue weighted by atomic mass is 16.3. The monoisotopic (exact) mass is 934 g/mol. The molecule has 66 heavy (non-hydrogen) atoms. The molecule has 5 heteroatoms. The number of aliphatic hydroxyl groups is 3. The minimum Gasteiger partial charge on any atom is -0.394 e. The Kier molecular flexibility index (Phi) is 56.4. The number of amides is 1. The van der Waals surface area contributed by atoms with Crippen LogP contribution in [0.3, 0.4) is 0 Å². The molecule has 396 valence electrons. The molecule has 0 heterocycles. The molecule has 3 atom stereocenters. The van der Waals surface area contributed by atoms with Crippen molar-refractivity contribution >= 4 is 5.91 Å². The van der Waals surface area contributed by atoms with Gasteiger partial charge in [-0.2, -0.15) is 0 Å². The van der Waals surface area contributed by atoms with E-state index in [4.69, 9.17) is 0 Å². The molecular weight excluding hydrogens is 811 g/mol. The Morgan fingerprint density at radius 3 is 0.682 bits per heavy atom. The van der Waals surface area contributed by atoms with Crippen LogP contribution >= 0.6 is 0 Å². The second kappa shape index (κ2) is 56.9. The lowest BCUT2D eigenvalue weighted by Crippen LogP contribution is -2.49. The predicted octanol–water partition coefficient (Wildman–Crippen LogP) is 19.3. The van der Waals surface area contributed by atoms with Gasteiger partial charge in [0.1, 0.15) is 6.10 Å². The van der Waals surface area contributed by atoms with E-state index in [2.05, 4.69) is 19.2 Å². The van der Waals surface area contributed by atoms with E-state index in [-0.39, 0.29) is 6.61 Å². The summed E-state index contributed by atoms with van der Waals surface area (Å²) >= 11 is 0. The predicted molar refractivity (Wildman–Crippen MR) is 292 cm³/mol. The van der Waals surface area contributed by atoms with Gasteiger partial charge in [0, 0.05) is 0 Å². The zero-order valence-electron chi connectivity index (χ0n) is 45.4. The van der Waals surface area contributed by atoms with Crippen LogP contribution in [0.4, 0.5) is 0 Å². The summed E-state index contributed by atoms with van der Waals surface area (Å²) in [5, 5.41) is 33.6. The fraction of sp³-hybridized carbons (Fsp3) is 0.984. The van der Waals surface area contributed by atoms with E-state index in [1.807, 2.05) is 0 Å². The molecule has 3 unspecified atom stereocenters. The molecular formula is C61H123NO4. The van der Waals surface area contributed by atoms with E-state index >= 15 is 0 Å². The van der Waals surface area contributed by atoms with Crippen molar-refractivity contribution in [2.75, 3.05) is 6.61 Å². The van der Waals surface area contributed by atoms with Crippen molar-refractivity contribution in [3.8, 4) is 0 Å². The van der Waals surface area contributed by atoms with Crippen LogP contribution in [-0.4, -0.2) is 46.1 Å². The molecule has 0 spiro atoms. The van der Waals surface area contributed by atoms with Crippen molar-refractivity contribution in [2.45, 2.75) is 379 Å². The molecule has 0 aromatic heterocycles. The number of hydrogen-bond acceptors (Lipinski definition) is 4. The highest BCUT2D eigenvalue weighted by molar-refractivity contribution is 5.80. The maximum Gasteiger partial charge on any atom is 0.249 e. The number of carbonyl (C=O) groups is 1. The molecule has 0 aliphatic heterocycles. The number of aliphatic hydroxyl groups excluding tert-OH is 3. The smallest absolute Gasteiger partial charge is 0.249 e. The molecule has 1 amide bonds. The largest absolute Gasteiger partial charge is 0.394 e. The van der Waals surface area contributed by atoms with Crippen LogP contribution in [0.5, 0.6) is 0 Å². The van der Waals surface area contributed by atoms with Gasteiger partial charge in [0.2, 0.25) is 5.91 Å². The first kappa shape index (κ1) is 65.3. The molecule has 0 radical (unpaired) electrons. The van der Waals surface area contributed by atoms with Crippen molar-refractivity contribution < 1.29 is 20.1 Å². The first-order chi connectivity index (χ1) is 32.6. The van der Waals surface area contributed by atoms with Crippen molar-refractivity contribution in [3.05, 3.63) is 0 Å². The van der Waals surface area contributed by atoms with Gasteiger partial charge >= 0.3 is 0 Å². The second-order valence-electron chi connectivity index (χ2n) is 21.6. The summed E-state index contributed by atoms with van der Waals surface area (Å²) in [6.45, 7) is 4.28. The minimum absolute atomic E-state index is 0.307. The third-order valence-electron chi connectivity index (χ3n) is 15.0. The van der Waals surface area contributed by atoms with Gasteiger partial charge in [-0.25, -0.2) is 0 Å². The number of nitrogens with one attached hydrogen (secondary N) is 1. The first-order valence-electron chi connectivity index (χ1n) is 30.8. The number of carbonyl (C=O) groups excluding carboxylic acids is 1. The van der Waals surface area contributed by atoms with Gasteiger partial charge in [-0.1, -0.05) is 348 Å². The van der Waals surface area contributed by atoms with Gasteiger partial charge in [-0.05, 0) is 12.8 Å². The summed E-state index contributed by atoms with van der Waals surface area (Å²) in [7, 11) is 0. The Hall–Kier alpha value is -0.650. The fourth-order valence-corrected chi connectivity index (χ4v) is 10.2. The van der Waals surface area contributed by atoms with Crippen LogP contribution in [0.15, 0.2) is 0 Å². The highest BCUT2D eigenvalue weighted by Gasteiger charge is 2.23. The van der Waals surface area contributed by atoms with Gasteiger partial charge in [0.15, 0.2) is 0 Å². The van der Waals surface area contributed by atoms with Crippen molar-refractivity contribution in [1.29, 1.82) is 0 Å². The number of rotatable bonds is 58. The van der Waals surface area contributed by atoms with E-state index in [1.54, 1.807) is 0 Å². The van der Waals surface area contributed by atoms with Crippen LogP contribution < -0.4 is 5.32 Å². The Bertz CT molecular complexity index is 898. The van der Waals surface area contributed by atoms with Gasteiger partial charge < -0.3 is 20.6 Å². The molecule has 0 aliphatic rings. The maximum atomic E-state index is 12.6. The van der Waals surface area contributed by atoms with Gasteiger partial charge in [0.25, 0.3) is 0 Å². The third-order valence-corrected chi connectivity index (χ3v) is 15.0. The molecule has 0 aliphatic carbocycles. The third kappa shape index (κ3) is 51.2. The maximum absolute atomic E-state index is 12.6. The molecule has 0 bridgehead atoms. The van der Waals surface area contributed by atoms with Crippen LogP contribution in [-0.2, 0) is 4.79 Å².